The molecule has 2 atom stereocenters. The smallest absolute Gasteiger partial charge is 0.550 e. The molecule has 0 aliphatic carbocycles. The standard InChI is InChI=1S/2C24H40O2.Mg/c2*1-2-3-4-5-6-7-8-9-12-17-22(23-18-13-10-14-19-23)20-15-11-16-21-24(25)26;/h2*10,13-14,18-19,22H,2-9,11-12,15-17,20-21H2,1H3,(H,25,26);/q;;+2/p-2. The summed E-state index contributed by atoms with van der Waals surface area (Å²) in [6, 6.07) is 21.7. The monoisotopic (exact) mass is 743 g/mol. The van der Waals surface area contributed by atoms with Crippen LogP contribution in [0.5, 0.6) is 0 Å². The largest absolute Gasteiger partial charge is 2.00 e. The molecule has 0 spiro atoms. The topological polar surface area (TPSA) is 80.3 Å². The number of rotatable bonds is 34. The quantitative estimate of drug-likeness (QED) is 0.0528. The number of carbonyl (C=O) groups excluding carboxylic acids is 2. The van der Waals surface area contributed by atoms with Crippen LogP contribution in [-0.2, 0) is 9.59 Å². The van der Waals surface area contributed by atoms with Gasteiger partial charge in [-0.15, -0.1) is 0 Å². The molecule has 0 heterocycles. The Morgan fingerprint density at radius 1 is 0.396 bits per heavy atom. The van der Waals surface area contributed by atoms with E-state index < -0.39 is 11.9 Å². The van der Waals surface area contributed by atoms with Gasteiger partial charge in [0.05, 0.1) is 0 Å². The Kier molecular flexibility index (Phi) is 37.1. The Balaban J connectivity index is 0.00000100. The van der Waals surface area contributed by atoms with E-state index in [-0.39, 0.29) is 35.9 Å². The van der Waals surface area contributed by atoms with E-state index >= 15 is 0 Å². The first-order valence-electron chi connectivity index (χ1n) is 22.0. The van der Waals surface area contributed by atoms with Crippen molar-refractivity contribution in [3.8, 4) is 0 Å². The van der Waals surface area contributed by atoms with E-state index in [0.717, 1.165) is 38.5 Å². The zero-order valence-electron chi connectivity index (χ0n) is 34.5. The van der Waals surface area contributed by atoms with Crippen LogP contribution in [0.25, 0.3) is 0 Å². The van der Waals surface area contributed by atoms with Crippen molar-refractivity contribution in [2.75, 3.05) is 0 Å². The molecule has 0 aliphatic rings. The Morgan fingerprint density at radius 3 is 0.906 bits per heavy atom. The third-order valence-electron chi connectivity index (χ3n) is 10.7. The molecule has 0 N–H and O–H groups in total. The molecule has 0 saturated carbocycles. The van der Waals surface area contributed by atoms with Gasteiger partial charge in [0.2, 0.25) is 0 Å². The number of carboxylic acids is 2. The van der Waals surface area contributed by atoms with E-state index in [1.807, 2.05) is 0 Å². The Bertz CT molecular complexity index is 974. The van der Waals surface area contributed by atoms with Crippen molar-refractivity contribution >= 4 is 35.0 Å². The Hall–Kier alpha value is -1.85. The van der Waals surface area contributed by atoms with E-state index in [9.17, 15) is 19.8 Å². The van der Waals surface area contributed by atoms with Crippen LogP contribution in [0.3, 0.4) is 0 Å². The molecule has 0 saturated heterocycles. The first-order valence-corrected chi connectivity index (χ1v) is 22.0. The maximum Gasteiger partial charge on any atom is 2.00 e. The normalized spacial score (nSPS) is 12.0. The second-order valence-electron chi connectivity index (χ2n) is 15.4. The summed E-state index contributed by atoms with van der Waals surface area (Å²) in [7, 11) is 0. The van der Waals surface area contributed by atoms with Crippen molar-refractivity contribution in [1.29, 1.82) is 0 Å². The number of benzene rings is 2. The van der Waals surface area contributed by atoms with E-state index in [1.165, 1.54) is 152 Å². The Morgan fingerprint density at radius 2 is 0.642 bits per heavy atom. The predicted octanol–water partition coefficient (Wildman–Crippen LogP) is 12.4. The van der Waals surface area contributed by atoms with Crippen molar-refractivity contribution < 1.29 is 19.8 Å². The van der Waals surface area contributed by atoms with Gasteiger partial charge in [0.15, 0.2) is 0 Å². The summed E-state index contributed by atoms with van der Waals surface area (Å²) in [6.45, 7) is 4.54. The van der Waals surface area contributed by atoms with Crippen LogP contribution in [0.4, 0.5) is 0 Å². The third kappa shape index (κ3) is 32.1. The molecule has 0 amide bonds. The van der Waals surface area contributed by atoms with Crippen molar-refractivity contribution in [2.45, 2.75) is 218 Å². The minimum atomic E-state index is -0.917. The summed E-state index contributed by atoms with van der Waals surface area (Å²) in [6.07, 6.45) is 35.7. The van der Waals surface area contributed by atoms with Crippen molar-refractivity contribution in [2.24, 2.45) is 0 Å². The van der Waals surface area contributed by atoms with Gasteiger partial charge in [-0.05, 0) is 74.3 Å². The molecule has 0 bridgehead atoms. The van der Waals surface area contributed by atoms with E-state index in [0.29, 0.717) is 11.8 Å². The molecule has 0 fully saturated rings. The van der Waals surface area contributed by atoms with Crippen LogP contribution in [0.15, 0.2) is 60.7 Å². The van der Waals surface area contributed by atoms with Gasteiger partial charge in [-0.1, -0.05) is 216 Å². The van der Waals surface area contributed by atoms with Crippen LogP contribution in [0.2, 0.25) is 0 Å². The van der Waals surface area contributed by atoms with Crippen LogP contribution in [-0.4, -0.2) is 35.0 Å². The molecule has 2 aromatic carbocycles. The maximum atomic E-state index is 10.5. The van der Waals surface area contributed by atoms with Gasteiger partial charge >= 0.3 is 23.1 Å². The molecule has 2 unspecified atom stereocenters. The fourth-order valence-electron chi connectivity index (χ4n) is 7.48. The third-order valence-corrected chi connectivity index (χ3v) is 10.7. The molecular formula is C48H78MgO4. The number of carbonyl (C=O) groups is 2. The molecule has 0 radical (unpaired) electrons. The van der Waals surface area contributed by atoms with Crippen LogP contribution >= 0.6 is 0 Å². The summed E-state index contributed by atoms with van der Waals surface area (Å²) in [5, 5.41) is 21.0. The number of hydrogen-bond donors (Lipinski definition) is 0. The summed E-state index contributed by atoms with van der Waals surface area (Å²) in [4.78, 5) is 21.0. The fraction of sp³-hybridized carbons (Fsp3) is 0.708. The van der Waals surface area contributed by atoms with E-state index in [1.54, 1.807) is 0 Å². The minimum Gasteiger partial charge on any atom is -0.550 e. The van der Waals surface area contributed by atoms with Gasteiger partial charge in [0, 0.05) is 11.9 Å². The number of aliphatic carboxylic acids is 2. The Labute approximate surface area is 343 Å². The van der Waals surface area contributed by atoms with Gasteiger partial charge in [-0.2, -0.15) is 0 Å². The van der Waals surface area contributed by atoms with Crippen molar-refractivity contribution in [1.82, 2.24) is 0 Å². The average molecular weight is 743 g/mol. The SMILES string of the molecule is CCCCCCCCCCCC(CCCCCC(=O)[O-])c1ccccc1.CCCCCCCCCCCC(CCCCCC(=O)[O-])c1ccccc1.[Mg+2]. The zero-order chi connectivity index (χ0) is 37.7. The maximum absolute atomic E-state index is 10.5. The predicted molar refractivity (Wildman–Crippen MR) is 224 cm³/mol. The minimum absolute atomic E-state index is 0. The first kappa shape index (κ1) is 51.1. The van der Waals surface area contributed by atoms with Crippen LogP contribution in [0, 0.1) is 0 Å². The van der Waals surface area contributed by atoms with Crippen LogP contribution in [0.1, 0.15) is 229 Å². The molecule has 53 heavy (non-hydrogen) atoms. The van der Waals surface area contributed by atoms with E-state index in [4.69, 9.17) is 0 Å². The van der Waals surface area contributed by atoms with Gasteiger partial charge < -0.3 is 19.8 Å². The van der Waals surface area contributed by atoms with Crippen molar-refractivity contribution in [3.05, 3.63) is 71.8 Å². The van der Waals surface area contributed by atoms with Crippen LogP contribution < -0.4 is 10.2 Å². The van der Waals surface area contributed by atoms with Crippen molar-refractivity contribution in [3.63, 3.8) is 0 Å². The molecule has 5 heteroatoms. The molecule has 4 nitrogen and oxygen atoms in total. The molecule has 0 aliphatic heterocycles. The summed E-state index contributed by atoms with van der Waals surface area (Å²) >= 11 is 0. The van der Waals surface area contributed by atoms with E-state index in [2.05, 4.69) is 74.5 Å². The molecular weight excluding hydrogens is 665 g/mol. The van der Waals surface area contributed by atoms with Gasteiger partial charge in [-0.25, -0.2) is 0 Å². The van der Waals surface area contributed by atoms with Gasteiger partial charge in [0.1, 0.15) is 0 Å². The second kappa shape index (κ2) is 38.4. The van der Waals surface area contributed by atoms with Gasteiger partial charge in [0.25, 0.3) is 0 Å². The number of hydrogen-bond acceptors (Lipinski definition) is 4. The number of carboxylic acid groups (broad SMARTS) is 2. The molecule has 2 rings (SSSR count). The molecule has 2 aromatic rings. The zero-order valence-corrected chi connectivity index (χ0v) is 35.9. The summed E-state index contributed by atoms with van der Waals surface area (Å²) < 4.78 is 0. The summed E-state index contributed by atoms with van der Waals surface area (Å²) in [5.41, 5.74) is 2.90. The first-order chi connectivity index (χ1) is 25.5. The summed E-state index contributed by atoms with van der Waals surface area (Å²) in [5.74, 6) is -0.578. The average Bonchev–Trinajstić information content (AvgIpc) is 3.15. The fourth-order valence-corrected chi connectivity index (χ4v) is 7.48. The second-order valence-corrected chi connectivity index (χ2v) is 15.4. The van der Waals surface area contributed by atoms with Gasteiger partial charge in [-0.3, -0.25) is 0 Å². The molecule has 296 valence electrons. The number of unbranched alkanes of at least 4 members (excludes halogenated alkanes) is 20. The molecule has 0 aromatic heterocycles.